The highest BCUT2D eigenvalue weighted by molar-refractivity contribution is 6.30. The molecule has 4 nitrogen and oxygen atoms in total. The van der Waals surface area contributed by atoms with Crippen LogP contribution in [0.25, 0.3) is 5.69 Å². The van der Waals surface area contributed by atoms with Gasteiger partial charge in [-0.2, -0.15) is 0 Å². The lowest BCUT2D eigenvalue weighted by Gasteiger charge is -2.13. The molecule has 2 rings (SSSR count). The van der Waals surface area contributed by atoms with E-state index >= 15 is 0 Å². The van der Waals surface area contributed by atoms with E-state index in [2.05, 4.69) is 10.3 Å². The first-order chi connectivity index (χ1) is 7.89. The molecule has 0 atom stereocenters. The molecule has 1 heterocycles. The molecule has 0 spiro atoms. The highest BCUT2D eigenvalue weighted by Gasteiger charge is 2.19. The molecular weight excluding hydrogens is 243 g/mol. The molecule has 0 saturated carbocycles. The Bertz CT molecular complexity index is 545. The fourth-order valence-corrected chi connectivity index (χ4v) is 1.52. The second kappa shape index (κ2) is 4.09. The second-order valence-corrected chi connectivity index (χ2v) is 4.75. The molecule has 0 amide bonds. The lowest BCUT2D eigenvalue weighted by Crippen LogP contribution is -2.29. The zero-order valence-corrected chi connectivity index (χ0v) is 10.2. The lowest BCUT2D eigenvalue weighted by atomic mass is 10.0. The summed E-state index contributed by atoms with van der Waals surface area (Å²) >= 11 is 5.70. The van der Waals surface area contributed by atoms with E-state index in [0.29, 0.717) is 5.69 Å². The van der Waals surface area contributed by atoms with Gasteiger partial charge in [0.05, 0.1) is 16.8 Å². The van der Waals surface area contributed by atoms with Gasteiger partial charge in [-0.3, -0.25) is 0 Å². The van der Waals surface area contributed by atoms with Crippen molar-refractivity contribution in [2.75, 3.05) is 0 Å². The molecule has 1 aromatic heterocycles. The van der Waals surface area contributed by atoms with E-state index in [0.717, 1.165) is 0 Å². The van der Waals surface area contributed by atoms with Gasteiger partial charge in [-0.25, -0.2) is 9.07 Å². The van der Waals surface area contributed by atoms with Crippen LogP contribution in [0.1, 0.15) is 19.5 Å². The number of nitrogens with zero attached hydrogens (tertiary/aromatic N) is 3. The van der Waals surface area contributed by atoms with Gasteiger partial charge in [0.1, 0.15) is 11.4 Å². The number of hydrogen-bond donors (Lipinski definition) is 1. The zero-order valence-electron chi connectivity index (χ0n) is 9.48. The molecule has 2 N–H and O–H groups in total. The third-order valence-corrected chi connectivity index (χ3v) is 2.62. The van der Waals surface area contributed by atoms with E-state index in [1.807, 2.05) is 0 Å². The van der Waals surface area contributed by atoms with E-state index in [9.17, 15) is 4.39 Å². The predicted octanol–water partition coefficient (Wildman–Crippen LogP) is 2.25. The van der Waals surface area contributed by atoms with Gasteiger partial charge in [-0.05, 0) is 26.0 Å². The van der Waals surface area contributed by atoms with Gasteiger partial charge in [0, 0.05) is 0 Å². The Hall–Kier alpha value is -1.46. The number of hydrogen-bond acceptors (Lipinski definition) is 3. The van der Waals surface area contributed by atoms with Crippen LogP contribution in [0.2, 0.25) is 5.02 Å². The van der Waals surface area contributed by atoms with Crippen molar-refractivity contribution >= 4 is 11.6 Å². The third kappa shape index (κ3) is 2.30. The summed E-state index contributed by atoms with van der Waals surface area (Å²) in [4.78, 5) is 0. The Labute approximate surface area is 103 Å². The highest BCUT2D eigenvalue weighted by atomic mass is 35.5. The molecule has 6 heteroatoms. The summed E-state index contributed by atoms with van der Waals surface area (Å²) in [5.41, 5.74) is 6.09. The molecule has 2 aromatic rings. The molecule has 0 radical (unpaired) electrons. The highest BCUT2D eigenvalue weighted by Crippen LogP contribution is 2.22. The summed E-state index contributed by atoms with van der Waals surface area (Å²) in [6.45, 7) is 3.60. The van der Waals surface area contributed by atoms with Crippen molar-refractivity contribution in [1.82, 2.24) is 15.0 Å². The van der Waals surface area contributed by atoms with Crippen molar-refractivity contribution in [1.29, 1.82) is 0 Å². The molecule has 90 valence electrons. The minimum absolute atomic E-state index is 0.0477. The zero-order chi connectivity index (χ0) is 12.6. The van der Waals surface area contributed by atoms with Gasteiger partial charge in [0.15, 0.2) is 5.82 Å². The maximum absolute atomic E-state index is 13.7. The first kappa shape index (κ1) is 12.0. The lowest BCUT2D eigenvalue weighted by molar-refractivity contribution is 0.533. The standard InChI is InChI=1S/C11H12ClFN4/c1-11(2,14)9-6-17(16-15-9)8-5-3-4-7(12)10(8)13/h3-6H,14H2,1-2H3. The van der Waals surface area contributed by atoms with Crippen molar-refractivity contribution in [3.8, 4) is 5.69 Å². The summed E-state index contributed by atoms with van der Waals surface area (Å²) in [6.07, 6.45) is 1.59. The third-order valence-electron chi connectivity index (χ3n) is 2.33. The molecule has 0 fully saturated rings. The van der Waals surface area contributed by atoms with Crippen LogP contribution in [0.4, 0.5) is 4.39 Å². The maximum Gasteiger partial charge on any atom is 0.167 e. The van der Waals surface area contributed by atoms with Crippen LogP contribution in [0, 0.1) is 5.82 Å². The molecule has 0 saturated heterocycles. The Morgan fingerprint density at radius 1 is 1.41 bits per heavy atom. The van der Waals surface area contributed by atoms with Crippen LogP contribution in [-0.4, -0.2) is 15.0 Å². The molecule has 17 heavy (non-hydrogen) atoms. The average Bonchev–Trinajstić information content (AvgIpc) is 2.70. The minimum Gasteiger partial charge on any atom is -0.320 e. The fraction of sp³-hybridized carbons (Fsp3) is 0.273. The number of nitrogens with two attached hydrogens (primary N) is 1. The molecular formula is C11H12ClFN4. The van der Waals surface area contributed by atoms with E-state index in [1.165, 1.54) is 10.7 Å². The molecule has 1 aromatic carbocycles. The van der Waals surface area contributed by atoms with Crippen LogP contribution in [0.5, 0.6) is 0 Å². The minimum atomic E-state index is -0.618. The molecule has 0 bridgehead atoms. The first-order valence-electron chi connectivity index (χ1n) is 5.05. The van der Waals surface area contributed by atoms with Gasteiger partial charge in [0.25, 0.3) is 0 Å². The van der Waals surface area contributed by atoms with Crippen molar-refractivity contribution in [3.63, 3.8) is 0 Å². The van der Waals surface area contributed by atoms with Crippen molar-refractivity contribution in [2.45, 2.75) is 19.4 Å². The topological polar surface area (TPSA) is 56.7 Å². The summed E-state index contributed by atoms with van der Waals surface area (Å²) < 4.78 is 15.1. The summed E-state index contributed by atoms with van der Waals surface area (Å²) in [6, 6.07) is 4.70. The smallest absolute Gasteiger partial charge is 0.167 e. The van der Waals surface area contributed by atoms with Crippen molar-refractivity contribution in [2.24, 2.45) is 5.73 Å². The van der Waals surface area contributed by atoms with Crippen LogP contribution < -0.4 is 5.73 Å². The predicted molar refractivity (Wildman–Crippen MR) is 63.5 cm³/mol. The molecule has 0 aliphatic heterocycles. The van der Waals surface area contributed by atoms with Gasteiger partial charge >= 0.3 is 0 Å². The van der Waals surface area contributed by atoms with Gasteiger partial charge in [-0.1, -0.05) is 22.9 Å². The first-order valence-corrected chi connectivity index (χ1v) is 5.43. The average molecular weight is 255 g/mol. The van der Waals surface area contributed by atoms with Crippen LogP contribution in [0.15, 0.2) is 24.4 Å². The van der Waals surface area contributed by atoms with Crippen LogP contribution >= 0.6 is 11.6 Å². The summed E-state index contributed by atoms with van der Waals surface area (Å²) in [7, 11) is 0. The number of benzene rings is 1. The van der Waals surface area contributed by atoms with Crippen LogP contribution in [-0.2, 0) is 5.54 Å². The largest absolute Gasteiger partial charge is 0.320 e. The SMILES string of the molecule is CC(C)(N)c1cn(-c2cccc(Cl)c2F)nn1. The van der Waals surface area contributed by atoms with Crippen molar-refractivity contribution < 1.29 is 4.39 Å². The molecule has 0 unspecified atom stereocenters. The Balaban J connectivity index is 2.48. The summed E-state index contributed by atoms with van der Waals surface area (Å²) in [5, 5.41) is 7.80. The van der Waals surface area contributed by atoms with Crippen LogP contribution in [0.3, 0.4) is 0 Å². The monoisotopic (exact) mass is 254 g/mol. The number of halogens is 2. The Morgan fingerprint density at radius 2 is 2.12 bits per heavy atom. The Kier molecular flexibility index (Phi) is 2.89. The fourth-order valence-electron chi connectivity index (χ4n) is 1.35. The van der Waals surface area contributed by atoms with Gasteiger partial charge < -0.3 is 5.73 Å². The van der Waals surface area contributed by atoms with Gasteiger partial charge in [-0.15, -0.1) is 5.10 Å². The van der Waals surface area contributed by atoms with E-state index in [4.69, 9.17) is 17.3 Å². The number of aromatic nitrogens is 3. The summed E-state index contributed by atoms with van der Waals surface area (Å²) in [5.74, 6) is -0.527. The van der Waals surface area contributed by atoms with E-state index in [1.54, 1.807) is 32.2 Å². The van der Waals surface area contributed by atoms with Crippen molar-refractivity contribution in [3.05, 3.63) is 40.9 Å². The van der Waals surface area contributed by atoms with Gasteiger partial charge in [0.2, 0.25) is 0 Å². The molecule has 0 aliphatic carbocycles. The maximum atomic E-state index is 13.7. The second-order valence-electron chi connectivity index (χ2n) is 4.34. The van der Waals surface area contributed by atoms with E-state index < -0.39 is 11.4 Å². The normalized spacial score (nSPS) is 11.8. The molecule has 0 aliphatic rings. The number of rotatable bonds is 2. The Morgan fingerprint density at radius 3 is 2.71 bits per heavy atom. The van der Waals surface area contributed by atoms with E-state index in [-0.39, 0.29) is 10.7 Å². The quantitative estimate of drug-likeness (QED) is 0.894.